The largest absolute Gasteiger partial charge is 0.355 e. The smallest absolute Gasteiger partial charge is 0.235 e. The van der Waals surface area contributed by atoms with Gasteiger partial charge in [-0.05, 0) is 6.92 Å². The van der Waals surface area contributed by atoms with Crippen molar-refractivity contribution in [2.45, 2.75) is 6.92 Å². The number of nitrogens with one attached hydrogen (secondary N) is 1. The first-order valence-corrected chi connectivity index (χ1v) is 2.63. The summed E-state index contributed by atoms with van der Waals surface area (Å²) in [5, 5.41) is 6.26. The van der Waals surface area contributed by atoms with E-state index in [4.69, 9.17) is 0 Å². The highest BCUT2D eigenvalue weighted by Gasteiger charge is 1.93. The lowest BCUT2D eigenvalue weighted by Gasteiger charge is -1.96. The van der Waals surface area contributed by atoms with Crippen LogP contribution in [0.3, 0.4) is 0 Å². The van der Waals surface area contributed by atoms with Gasteiger partial charge in [-0.1, -0.05) is 0 Å². The highest BCUT2D eigenvalue weighted by molar-refractivity contribution is 5.77. The molecule has 47 valence electrons. The van der Waals surface area contributed by atoms with Crippen LogP contribution in [-0.4, -0.2) is 26.0 Å². The standard InChI is InChI=1S/C5H11N2O/c1-3-7-5(8)4-6-2/h3-4H2,1-2H3,(H,7,8). The number of carbonyl (C=O) groups excluding carboxylic acids is 1. The summed E-state index contributed by atoms with van der Waals surface area (Å²) in [5.74, 6) is -0.00463. The van der Waals surface area contributed by atoms with Crippen molar-refractivity contribution in [1.82, 2.24) is 10.6 Å². The third-order valence-electron chi connectivity index (χ3n) is 0.676. The molecule has 0 heterocycles. The molecule has 3 nitrogen and oxygen atoms in total. The van der Waals surface area contributed by atoms with Gasteiger partial charge in [0, 0.05) is 13.6 Å². The number of amides is 1. The first kappa shape index (κ1) is 7.43. The predicted octanol–water partition coefficient (Wildman–Crippen LogP) is -0.643. The van der Waals surface area contributed by atoms with Crippen LogP contribution in [0.4, 0.5) is 0 Å². The van der Waals surface area contributed by atoms with Crippen LogP contribution in [0.5, 0.6) is 0 Å². The summed E-state index contributed by atoms with van der Waals surface area (Å²) in [7, 11) is 1.62. The molecule has 0 aromatic rings. The summed E-state index contributed by atoms with van der Waals surface area (Å²) >= 11 is 0. The SMILES string of the molecule is CCNC(=O)C[N]C. The Bertz CT molecular complexity index is 64.8. The first-order chi connectivity index (χ1) is 3.81. The fraction of sp³-hybridized carbons (Fsp3) is 0.800. The van der Waals surface area contributed by atoms with E-state index in [1.165, 1.54) is 0 Å². The lowest BCUT2D eigenvalue weighted by Crippen LogP contribution is -2.29. The van der Waals surface area contributed by atoms with Crippen LogP contribution in [0.1, 0.15) is 6.92 Å². The summed E-state index contributed by atoms with van der Waals surface area (Å²) in [6, 6.07) is 0. The molecule has 0 rings (SSSR count). The second kappa shape index (κ2) is 4.59. The Balaban J connectivity index is 3.06. The fourth-order valence-corrected chi connectivity index (χ4v) is 0.397. The molecule has 0 saturated carbocycles. The quantitative estimate of drug-likeness (QED) is 0.522. The van der Waals surface area contributed by atoms with Crippen molar-refractivity contribution in [3.05, 3.63) is 0 Å². The highest BCUT2D eigenvalue weighted by atomic mass is 16.1. The normalized spacial score (nSPS) is 8.75. The van der Waals surface area contributed by atoms with Gasteiger partial charge in [0.05, 0.1) is 6.54 Å². The Morgan fingerprint density at radius 1 is 1.75 bits per heavy atom. The molecule has 1 N–H and O–H groups in total. The van der Waals surface area contributed by atoms with Crippen molar-refractivity contribution in [1.29, 1.82) is 0 Å². The summed E-state index contributed by atoms with van der Waals surface area (Å²) < 4.78 is 0. The van der Waals surface area contributed by atoms with Gasteiger partial charge in [0.1, 0.15) is 0 Å². The number of hydrogen-bond donors (Lipinski definition) is 1. The Labute approximate surface area is 49.5 Å². The Morgan fingerprint density at radius 3 is 2.75 bits per heavy atom. The lowest BCUT2D eigenvalue weighted by molar-refractivity contribution is -0.120. The number of rotatable bonds is 3. The van der Waals surface area contributed by atoms with Crippen LogP contribution in [0, 0.1) is 0 Å². The Hall–Kier alpha value is -0.570. The van der Waals surface area contributed by atoms with Crippen LogP contribution in [0.25, 0.3) is 0 Å². The summed E-state index contributed by atoms with van der Waals surface area (Å²) in [6.45, 7) is 2.86. The molecular weight excluding hydrogens is 104 g/mol. The van der Waals surface area contributed by atoms with Crippen molar-refractivity contribution < 1.29 is 4.79 Å². The van der Waals surface area contributed by atoms with Gasteiger partial charge in [-0.25, -0.2) is 5.32 Å². The van der Waals surface area contributed by atoms with Crippen LogP contribution in [0.15, 0.2) is 0 Å². The molecule has 0 saturated heterocycles. The minimum Gasteiger partial charge on any atom is -0.355 e. The van der Waals surface area contributed by atoms with E-state index in [9.17, 15) is 4.79 Å². The van der Waals surface area contributed by atoms with Crippen LogP contribution < -0.4 is 10.6 Å². The van der Waals surface area contributed by atoms with Gasteiger partial charge in [0.15, 0.2) is 0 Å². The summed E-state index contributed by atoms with van der Waals surface area (Å²) in [5.41, 5.74) is 0. The number of nitrogens with zero attached hydrogens (tertiary/aromatic N) is 1. The second-order valence-electron chi connectivity index (χ2n) is 1.43. The van der Waals surface area contributed by atoms with E-state index in [0.717, 1.165) is 0 Å². The summed E-state index contributed by atoms with van der Waals surface area (Å²) in [4.78, 5) is 10.4. The predicted molar refractivity (Wildman–Crippen MR) is 31.6 cm³/mol. The van der Waals surface area contributed by atoms with Crippen molar-refractivity contribution >= 4 is 5.91 Å². The number of carbonyl (C=O) groups is 1. The molecule has 0 unspecified atom stereocenters. The van der Waals surface area contributed by atoms with E-state index >= 15 is 0 Å². The molecular formula is C5H11N2O. The zero-order valence-electron chi connectivity index (χ0n) is 5.27. The molecule has 1 radical (unpaired) electrons. The van der Waals surface area contributed by atoms with Gasteiger partial charge in [-0.3, -0.25) is 4.79 Å². The minimum atomic E-state index is -0.00463. The topological polar surface area (TPSA) is 43.2 Å². The maximum atomic E-state index is 10.4. The molecule has 0 aliphatic carbocycles. The number of hydrogen-bond acceptors (Lipinski definition) is 1. The Morgan fingerprint density at radius 2 is 2.38 bits per heavy atom. The van der Waals surface area contributed by atoms with Crippen LogP contribution in [-0.2, 0) is 4.79 Å². The molecule has 0 spiro atoms. The third-order valence-corrected chi connectivity index (χ3v) is 0.676. The van der Waals surface area contributed by atoms with Crippen molar-refractivity contribution in [3.8, 4) is 0 Å². The van der Waals surface area contributed by atoms with Gasteiger partial charge in [-0.15, -0.1) is 0 Å². The fourth-order valence-electron chi connectivity index (χ4n) is 0.397. The van der Waals surface area contributed by atoms with Crippen molar-refractivity contribution in [3.63, 3.8) is 0 Å². The zero-order chi connectivity index (χ0) is 6.41. The third kappa shape index (κ3) is 3.61. The monoisotopic (exact) mass is 115 g/mol. The van der Waals surface area contributed by atoms with Crippen LogP contribution in [0.2, 0.25) is 0 Å². The average Bonchev–Trinajstić information content (AvgIpc) is 1.68. The number of likely N-dealkylation sites (N-methyl/N-ethyl adjacent to an activating group) is 2. The van der Waals surface area contributed by atoms with E-state index in [1.807, 2.05) is 6.92 Å². The molecule has 0 aliphatic rings. The maximum absolute atomic E-state index is 10.4. The van der Waals surface area contributed by atoms with Gasteiger partial charge >= 0.3 is 0 Å². The van der Waals surface area contributed by atoms with E-state index in [-0.39, 0.29) is 12.5 Å². The second-order valence-corrected chi connectivity index (χ2v) is 1.43. The average molecular weight is 115 g/mol. The van der Waals surface area contributed by atoms with Gasteiger partial charge in [-0.2, -0.15) is 0 Å². The highest BCUT2D eigenvalue weighted by Crippen LogP contribution is 1.60. The van der Waals surface area contributed by atoms with Gasteiger partial charge in [0.2, 0.25) is 5.91 Å². The molecule has 0 bridgehead atoms. The molecule has 8 heavy (non-hydrogen) atoms. The van der Waals surface area contributed by atoms with Gasteiger partial charge in [0.25, 0.3) is 0 Å². The first-order valence-electron chi connectivity index (χ1n) is 2.63. The van der Waals surface area contributed by atoms with Gasteiger partial charge < -0.3 is 5.32 Å². The molecule has 0 aliphatic heterocycles. The van der Waals surface area contributed by atoms with E-state index in [2.05, 4.69) is 10.6 Å². The van der Waals surface area contributed by atoms with E-state index < -0.39 is 0 Å². The molecule has 0 fully saturated rings. The molecule has 0 aromatic heterocycles. The van der Waals surface area contributed by atoms with Crippen molar-refractivity contribution in [2.75, 3.05) is 20.1 Å². The molecule has 0 aromatic carbocycles. The van der Waals surface area contributed by atoms with E-state index in [1.54, 1.807) is 7.05 Å². The molecule has 1 amide bonds. The zero-order valence-corrected chi connectivity index (χ0v) is 5.27. The lowest BCUT2D eigenvalue weighted by atomic mass is 10.6. The van der Waals surface area contributed by atoms with Crippen LogP contribution >= 0.6 is 0 Å². The Kier molecular flexibility index (Phi) is 4.26. The van der Waals surface area contributed by atoms with E-state index in [0.29, 0.717) is 6.54 Å². The summed E-state index contributed by atoms with van der Waals surface area (Å²) in [6.07, 6.45) is 0. The maximum Gasteiger partial charge on any atom is 0.235 e. The minimum absolute atomic E-state index is 0.00463. The molecule has 0 atom stereocenters. The van der Waals surface area contributed by atoms with Crippen molar-refractivity contribution in [2.24, 2.45) is 0 Å². The molecule has 3 heteroatoms.